The van der Waals surface area contributed by atoms with Crippen molar-refractivity contribution in [2.75, 3.05) is 6.61 Å². The van der Waals surface area contributed by atoms with Crippen molar-refractivity contribution in [2.24, 2.45) is 0 Å². The third-order valence-corrected chi connectivity index (χ3v) is 6.95. The molecule has 4 aromatic rings. The average Bonchev–Trinajstić information content (AvgIpc) is 3.47. The summed E-state index contributed by atoms with van der Waals surface area (Å²) in [6.07, 6.45) is 4.20. The van der Waals surface area contributed by atoms with Gasteiger partial charge in [0.05, 0.1) is 18.7 Å². The van der Waals surface area contributed by atoms with Crippen LogP contribution in [-0.2, 0) is 30.5 Å². The molecule has 0 radical (unpaired) electrons. The van der Waals surface area contributed by atoms with E-state index >= 15 is 0 Å². The zero-order chi connectivity index (χ0) is 24.9. The number of carboxylic acid groups (broad SMARTS) is 1. The van der Waals surface area contributed by atoms with Crippen LogP contribution < -0.4 is 4.74 Å². The number of hydrogen-bond donors (Lipinski definition) is 1. The Balaban J connectivity index is 1.28. The molecule has 1 N–H and O–H groups in total. The van der Waals surface area contributed by atoms with Gasteiger partial charge in [0.2, 0.25) is 5.89 Å². The average molecular weight is 502 g/mol. The van der Waals surface area contributed by atoms with Crippen molar-refractivity contribution in [1.29, 1.82) is 0 Å². The van der Waals surface area contributed by atoms with Crippen LogP contribution in [0.3, 0.4) is 0 Å². The van der Waals surface area contributed by atoms with Gasteiger partial charge in [0.15, 0.2) is 0 Å². The lowest BCUT2D eigenvalue weighted by Crippen LogP contribution is -2.05. The molecule has 0 bridgehead atoms. The third kappa shape index (κ3) is 5.80. The van der Waals surface area contributed by atoms with Crippen LogP contribution in [0.2, 0.25) is 5.02 Å². The van der Waals surface area contributed by atoms with Crippen molar-refractivity contribution in [3.05, 3.63) is 106 Å². The van der Waals surface area contributed by atoms with E-state index in [2.05, 4.69) is 18.2 Å². The van der Waals surface area contributed by atoms with Gasteiger partial charge in [-0.3, -0.25) is 4.79 Å². The van der Waals surface area contributed by atoms with Crippen LogP contribution in [-0.4, -0.2) is 22.7 Å². The summed E-state index contributed by atoms with van der Waals surface area (Å²) in [4.78, 5) is 15.9. The molecule has 0 spiro atoms. The summed E-state index contributed by atoms with van der Waals surface area (Å²) in [5, 5.41) is 9.82. The number of halogens is 1. The standard InChI is InChI=1S/C30H28ClNO4/c31-24-11-9-21(10-12-24)30-32-27(28(36-30)15-6-20-4-2-1-3-5-20)16-17-35-25-13-14-26-22(18-25)7-8-23(26)19-29(33)34/h1-5,9-14,18,23H,6-8,15-17,19H2,(H,33,34)/t23-/m0/s1. The van der Waals surface area contributed by atoms with E-state index in [1.54, 1.807) is 0 Å². The van der Waals surface area contributed by atoms with Gasteiger partial charge in [-0.1, -0.05) is 48.0 Å². The van der Waals surface area contributed by atoms with Crippen molar-refractivity contribution in [3.63, 3.8) is 0 Å². The lowest BCUT2D eigenvalue weighted by atomic mass is 9.98. The molecule has 1 heterocycles. The largest absolute Gasteiger partial charge is 0.493 e. The first-order valence-corrected chi connectivity index (χ1v) is 12.7. The number of rotatable bonds is 10. The maximum atomic E-state index is 11.1. The number of aliphatic carboxylic acids is 1. The maximum Gasteiger partial charge on any atom is 0.303 e. The van der Waals surface area contributed by atoms with E-state index in [4.69, 9.17) is 30.8 Å². The van der Waals surface area contributed by atoms with E-state index in [1.807, 2.05) is 54.6 Å². The molecule has 0 saturated carbocycles. The molecule has 36 heavy (non-hydrogen) atoms. The fraction of sp³-hybridized carbons (Fsp3) is 0.267. The molecule has 1 aliphatic carbocycles. The summed E-state index contributed by atoms with van der Waals surface area (Å²) < 4.78 is 12.3. The number of nitrogens with zero attached hydrogens (tertiary/aromatic N) is 1. The summed E-state index contributed by atoms with van der Waals surface area (Å²) in [5.41, 5.74) is 5.37. The smallest absolute Gasteiger partial charge is 0.303 e. The molecule has 0 amide bonds. The number of benzene rings is 3. The summed E-state index contributed by atoms with van der Waals surface area (Å²) in [6.45, 7) is 0.474. The van der Waals surface area contributed by atoms with Gasteiger partial charge in [0, 0.05) is 23.4 Å². The molecule has 6 heteroatoms. The van der Waals surface area contributed by atoms with E-state index in [9.17, 15) is 4.79 Å². The lowest BCUT2D eigenvalue weighted by Gasteiger charge is -2.11. The SMILES string of the molecule is O=C(O)C[C@@H]1CCc2cc(OCCc3nc(-c4ccc(Cl)cc4)oc3CCc3ccccc3)ccc21. The molecule has 0 aliphatic heterocycles. The minimum atomic E-state index is -0.748. The first kappa shape index (κ1) is 24.1. The summed E-state index contributed by atoms with van der Waals surface area (Å²) in [7, 11) is 0. The number of fused-ring (bicyclic) bond motifs is 1. The van der Waals surface area contributed by atoms with Gasteiger partial charge in [-0.2, -0.15) is 0 Å². The fourth-order valence-corrected chi connectivity index (χ4v) is 4.98. The number of ether oxygens (including phenoxy) is 1. The minimum absolute atomic E-state index is 0.0974. The van der Waals surface area contributed by atoms with Crippen molar-refractivity contribution in [3.8, 4) is 17.2 Å². The summed E-state index contributed by atoms with van der Waals surface area (Å²) in [6, 6.07) is 23.9. The Morgan fingerprint density at radius 3 is 2.61 bits per heavy atom. The van der Waals surface area contributed by atoms with Gasteiger partial charge < -0.3 is 14.3 Å². The zero-order valence-corrected chi connectivity index (χ0v) is 20.7. The van der Waals surface area contributed by atoms with Gasteiger partial charge >= 0.3 is 5.97 Å². The maximum absolute atomic E-state index is 11.1. The minimum Gasteiger partial charge on any atom is -0.493 e. The predicted molar refractivity (Wildman–Crippen MR) is 140 cm³/mol. The van der Waals surface area contributed by atoms with E-state index in [0.29, 0.717) is 23.9 Å². The molecule has 3 aromatic carbocycles. The van der Waals surface area contributed by atoms with Gasteiger partial charge in [0.25, 0.3) is 0 Å². The monoisotopic (exact) mass is 501 g/mol. The molecule has 1 atom stereocenters. The van der Waals surface area contributed by atoms with Crippen molar-refractivity contribution in [1.82, 2.24) is 4.98 Å². The van der Waals surface area contributed by atoms with E-state index in [-0.39, 0.29) is 12.3 Å². The first-order valence-electron chi connectivity index (χ1n) is 12.3. The number of aromatic nitrogens is 1. The van der Waals surface area contributed by atoms with E-state index < -0.39 is 5.97 Å². The highest BCUT2D eigenvalue weighted by Crippen LogP contribution is 2.37. The lowest BCUT2D eigenvalue weighted by molar-refractivity contribution is -0.137. The fourth-order valence-electron chi connectivity index (χ4n) is 4.85. The second kappa shape index (κ2) is 11.0. The molecule has 5 rings (SSSR count). The van der Waals surface area contributed by atoms with Crippen LogP contribution in [0, 0.1) is 0 Å². The molecule has 0 saturated heterocycles. The van der Waals surface area contributed by atoms with Crippen molar-refractivity contribution < 1.29 is 19.1 Å². The third-order valence-electron chi connectivity index (χ3n) is 6.70. The van der Waals surface area contributed by atoms with Crippen LogP contribution >= 0.6 is 11.6 Å². The number of aryl methyl sites for hydroxylation is 3. The Kier molecular flexibility index (Phi) is 7.38. The Labute approximate surface area is 215 Å². The van der Waals surface area contributed by atoms with Crippen molar-refractivity contribution in [2.45, 2.75) is 44.4 Å². The number of oxazole rings is 1. The molecule has 1 aliphatic rings. The molecular weight excluding hydrogens is 474 g/mol. The summed E-state index contributed by atoms with van der Waals surface area (Å²) in [5.74, 6) is 1.61. The highest BCUT2D eigenvalue weighted by atomic mass is 35.5. The van der Waals surface area contributed by atoms with Crippen LogP contribution in [0.5, 0.6) is 5.75 Å². The number of carboxylic acids is 1. The number of hydrogen-bond acceptors (Lipinski definition) is 4. The Bertz CT molecular complexity index is 1330. The van der Waals surface area contributed by atoms with E-state index in [0.717, 1.165) is 54.0 Å². The molecular formula is C30H28ClNO4. The van der Waals surface area contributed by atoms with Crippen LogP contribution in [0.25, 0.3) is 11.5 Å². The predicted octanol–water partition coefficient (Wildman–Crippen LogP) is 6.91. The Morgan fingerprint density at radius 2 is 1.83 bits per heavy atom. The molecule has 0 fully saturated rings. The topological polar surface area (TPSA) is 72.6 Å². The van der Waals surface area contributed by atoms with Gasteiger partial charge in [0.1, 0.15) is 11.5 Å². The number of carbonyl (C=O) groups is 1. The second-order valence-corrected chi connectivity index (χ2v) is 9.61. The van der Waals surface area contributed by atoms with Gasteiger partial charge in [-0.05, 0) is 78.3 Å². The highest BCUT2D eigenvalue weighted by Gasteiger charge is 2.25. The van der Waals surface area contributed by atoms with Crippen molar-refractivity contribution >= 4 is 17.6 Å². The molecule has 5 nitrogen and oxygen atoms in total. The molecule has 1 aromatic heterocycles. The van der Waals surface area contributed by atoms with Crippen LogP contribution in [0.4, 0.5) is 0 Å². The normalized spacial score (nSPS) is 14.5. The van der Waals surface area contributed by atoms with Gasteiger partial charge in [-0.15, -0.1) is 0 Å². The van der Waals surface area contributed by atoms with Crippen LogP contribution in [0.1, 0.15) is 46.9 Å². The Hall–Kier alpha value is -3.57. The zero-order valence-electron chi connectivity index (χ0n) is 20.0. The molecule has 184 valence electrons. The highest BCUT2D eigenvalue weighted by molar-refractivity contribution is 6.30. The van der Waals surface area contributed by atoms with E-state index in [1.165, 1.54) is 11.1 Å². The molecule has 0 unspecified atom stereocenters. The van der Waals surface area contributed by atoms with Crippen LogP contribution in [0.15, 0.2) is 77.2 Å². The summed E-state index contributed by atoms with van der Waals surface area (Å²) >= 11 is 6.05. The van der Waals surface area contributed by atoms with Gasteiger partial charge in [-0.25, -0.2) is 4.98 Å². The second-order valence-electron chi connectivity index (χ2n) is 9.17. The Morgan fingerprint density at radius 1 is 1.03 bits per heavy atom. The first-order chi connectivity index (χ1) is 17.5. The quantitative estimate of drug-likeness (QED) is 0.255.